The standard InChI is InChI=1S/C13H13F2N5O2S/c14-9-1-2-11(10(15)7-9)20-13(16-17-18-20)23-8-12(21)19-3-5-22-6-4-19/h1-2,7H,3-6,8H2. The molecule has 0 unspecified atom stereocenters. The smallest absolute Gasteiger partial charge is 0.233 e. The molecule has 0 spiro atoms. The molecule has 10 heteroatoms. The molecule has 1 saturated heterocycles. The molecule has 1 fully saturated rings. The number of aromatic nitrogens is 4. The molecule has 2 aromatic rings. The van der Waals surface area contributed by atoms with Gasteiger partial charge < -0.3 is 9.64 Å². The SMILES string of the molecule is O=C(CSc1nnnn1-c1ccc(F)cc1F)N1CCOCC1. The molecular weight excluding hydrogens is 328 g/mol. The molecule has 1 aliphatic heterocycles. The van der Waals surface area contributed by atoms with Crippen LogP contribution in [0.4, 0.5) is 8.78 Å². The highest BCUT2D eigenvalue weighted by Gasteiger charge is 2.19. The van der Waals surface area contributed by atoms with Gasteiger partial charge in [-0.05, 0) is 22.6 Å². The van der Waals surface area contributed by atoms with Gasteiger partial charge in [0.15, 0.2) is 5.82 Å². The maximum atomic E-state index is 13.8. The Bertz CT molecular complexity index is 705. The third-order valence-electron chi connectivity index (χ3n) is 3.27. The molecule has 1 aromatic heterocycles. The Kier molecular flexibility index (Phi) is 4.82. The number of nitrogens with zero attached hydrogens (tertiary/aromatic N) is 5. The Morgan fingerprint density at radius 1 is 1.30 bits per heavy atom. The number of carbonyl (C=O) groups excluding carboxylic acids is 1. The number of hydrogen-bond donors (Lipinski definition) is 0. The van der Waals surface area contributed by atoms with Crippen molar-refractivity contribution in [3.8, 4) is 5.69 Å². The van der Waals surface area contributed by atoms with E-state index in [4.69, 9.17) is 4.74 Å². The van der Waals surface area contributed by atoms with Crippen LogP contribution in [0.15, 0.2) is 23.4 Å². The van der Waals surface area contributed by atoms with Crippen molar-refractivity contribution < 1.29 is 18.3 Å². The molecule has 0 saturated carbocycles. The molecule has 1 aromatic carbocycles. The van der Waals surface area contributed by atoms with E-state index in [2.05, 4.69) is 15.5 Å². The Hall–Kier alpha value is -2.07. The molecule has 0 bridgehead atoms. The van der Waals surface area contributed by atoms with Crippen molar-refractivity contribution in [2.24, 2.45) is 0 Å². The first-order chi connectivity index (χ1) is 11.1. The van der Waals surface area contributed by atoms with Crippen LogP contribution in [0.3, 0.4) is 0 Å². The van der Waals surface area contributed by atoms with Gasteiger partial charge in [0.2, 0.25) is 11.1 Å². The maximum Gasteiger partial charge on any atom is 0.233 e. The van der Waals surface area contributed by atoms with Gasteiger partial charge in [-0.1, -0.05) is 11.8 Å². The van der Waals surface area contributed by atoms with Crippen LogP contribution in [0.2, 0.25) is 0 Å². The number of morpholine rings is 1. The summed E-state index contributed by atoms with van der Waals surface area (Å²) in [6.07, 6.45) is 0. The topological polar surface area (TPSA) is 73.1 Å². The summed E-state index contributed by atoms with van der Waals surface area (Å²) in [5.74, 6) is -1.40. The Morgan fingerprint density at radius 2 is 2.09 bits per heavy atom. The van der Waals surface area contributed by atoms with Gasteiger partial charge in [-0.2, -0.15) is 4.68 Å². The molecule has 0 N–H and O–H groups in total. The lowest BCUT2D eigenvalue weighted by Crippen LogP contribution is -2.41. The molecule has 23 heavy (non-hydrogen) atoms. The zero-order valence-corrected chi connectivity index (χ0v) is 12.8. The first kappa shape index (κ1) is 15.8. The molecule has 0 radical (unpaired) electrons. The number of carbonyl (C=O) groups is 1. The van der Waals surface area contributed by atoms with Gasteiger partial charge in [0.25, 0.3) is 0 Å². The fourth-order valence-corrected chi connectivity index (χ4v) is 2.89. The minimum atomic E-state index is -0.779. The van der Waals surface area contributed by atoms with Gasteiger partial charge in [-0.15, -0.1) is 5.10 Å². The monoisotopic (exact) mass is 341 g/mol. The zero-order valence-electron chi connectivity index (χ0n) is 12.0. The Labute approximate surface area is 134 Å². The van der Waals surface area contributed by atoms with Gasteiger partial charge >= 0.3 is 0 Å². The maximum absolute atomic E-state index is 13.8. The number of rotatable bonds is 4. The number of halogens is 2. The molecule has 0 aliphatic carbocycles. The quantitative estimate of drug-likeness (QED) is 0.769. The second-order valence-electron chi connectivity index (χ2n) is 4.75. The molecule has 122 valence electrons. The van der Waals surface area contributed by atoms with E-state index in [9.17, 15) is 13.6 Å². The molecule has 1 aliphatic rings. The zero-order chi connectivity index (χ0) is 16.2. The lowest BCUT2D eigenvalue weighted by atomic mass is 10.3. The van der Waals surface area contributed by atoms with E-state index in [0.717, 1.165) is 28.6 Å². The second kappa shape index (κ2) is 7.01. The summed E-state index contributed by atoms with van der Waals surface area (Å²) in [7, 11) is 0. The van der Waals surface area contributed by atoms with Crippen LogP contribution in [0.5, 0.6) is 0 Å². The van der Waals surface area contributed by atoms with Crippen molar-refractivity contribution in [3.63, 3.8) is 0 Å². The van der Waals surface area contributed by atoms with Crippen molar-refractivity contribution in [1.29, 1.82) is 0 Å². The molecule has 7 nitrogen and oxygen atoms in total. The van der Waals surface area contributed by atoms with Crippen molar-refractivity contribution in [2.45, 2.75) is 5.16 Å². The number of tetrazole rings is 1. The Balaban J connectivity index is 1.70. The van der Waals surface area contributed by atoms with Gasteiger partial charge in [-0.25, -0.2) is 8.78 Å². The fourth-order valence-electron chi connectivity index (χ4n) is 2.10. The summed E-state index contributed by atoms with van der Waals surface area (Å²) in [4.78, 5) is 13.8. The highest BCUT2D eigenvalue weighted by Crippen LogP contribution is 2.21. The van der Waals surface area contributed by atoms with Crippen molar-refractivity contribution in [2.75, 3.05) is 32.1 Å². The number of amides is 1. The minimum absolute atomic E-state index is 0.0257. The highest BCUT2D eigenvalue weighted by molar-refractivity contribution is 7.99. The van der Waals surface area contributed by atoms with Crippen LogP contribution < -0.4 is 0 Å². The summed E-state index contributed by atoms with van der Waals surface area (Å²) >= 11 is 1.10. The largest absolute Gasteiger partial charge is 0.378 e. The third-order valence-corrected chi connectivity index (χ3v) is 4.17. The molecule has 2 heterocycles. The van der Waals surface area contributed by atoms with Crippen LogP contribution in [0.25, 0.3) is 5.69 Å². The number of thioether (sulfide) groups is 1. The van der Waals surface area contributed by atoms with Crippen LogP contribution in [0, 0.1) is 11.6 Å². The van der Waals surface area contributed by atoms with Crippen LogP contribution >= 0.6 is 11.8 Å². The normalized spacial score (nSPS) is 15.0. The number of ether oxygens (including phenoxy) is 1. The summed E-state index contributed by atoms with van der Waals surface area (Å²) in [6.45, 7) is 2.15. The van der Waals surface area contributed by atoms with E-state index < -0.39 is 11.6 Å². The summed E-state index contributed by atoms with van der Waals surface area (Å²) in [6, 6.07) is 3.12. The first-order valence-corrected chi connectivity index (χ1v) is 7.86. The van der Waals surface area contributed by atoms with Crippen LogP contribution in [-0.2, 0) is 9.53 Å². The second-order valence-corrected chi connectivity index (χ2v) is 5.69. The van der Waals surface area contributed by atoms with E-state index in [1.165, 1.54) is 6.07 Å². The lowest BCUT2D eigenvalue weighted by molar-refractivity contribution is -0.132. The lowest BCUT2D eigenvalue weighted by Gasteiger charge is -2.26. The summed E-state index contributed by atoms with van der Waals surface area (Å²) < 4.78 is 33.1. The average molecular weight is 341 g/mol. The summed E-state index contributed by atoms with van der Waals surface area (Å²) in [5.41, 5.74) is 0.0257. The van der Waals surface area contributed by atoms with Crippen molar-refractivity contribution in [3.05, 3.63) is 29.8 Å². The highest BCUT2D eigenvalue weighted by atomic mass is 32.2. The van der Waals surface area contributed by atoms with Gasteiger partial charge in [0, 0.05) is 19.2 Å². The van der Waals surface area contributed by atoms with Crippen molar-refractivity contribution >= 4 is 17.7 Å². The van der Waals surface area contributed by atoms with E-state index in [1.54, 1.807) is 4.90 Å². The van der Waals surface area contributed by atoms with Gasteiger partial charge in [-0.3, -0.25) is 4.79 Å². The van der Waals surface area contributed by atoms with Crippen LogP contribution in [0.1, 0.15) is 0 Å². The third kappa shape index (κ3) is 3.64. The van der Waals surface area contributed by atoms with E-state index in [0.29, 0.717) is 26.3 Å². The van der Waals surface area contributed by atoms with E-state index >= 15 is 0 Å². The van der Waals surface area contributed by atoms with Gasteiger partial charge in [0.1, 0.15) is 11.5 Å². The fraction of sp³-hybridized carbons (Fsp3) is 0.385. The summed E-state index contributed by atoms with van der Waals surface area (Å²) in [5, 5.41) is 11.2. The average Bonchev–Trinajstić information content (AvgIpc) is 3.01. The van der Waals surface area contributed by atoms with Crippen LogP contribution in [-0.4, -0.2) is 63.1 Å². The molecule has 0 atom stereocenters. The number of hydrogen-bond acceptors (Lipinski definition) is 6. The predicted octanol–water partition coefficient (Wildman–Crippen LogP) is 0.891. The minimum Gasteiger partial charge on any atom is -0.378 e. The van der Waals surface area contributed by atoms with Crippen molar-refractivity contribution in [1.82, 2.24) is 25.1 Å². The molecular formula is C13H13F2N5O2S. The Morgan fingerprint density at radius 3 is 2.83 bits per heavy atom. The predicted molar refractivity (Wildman–Crippen MR) is 77.2 cm³/mol. The van der Waals surface area contributed by atoms with Gasteiger partial charge in [0.05, 0.1) is 19.0 Å². The van der Waals surface area contributed by atoms with E-state index in [-0.39, 0.29) is 22.5 Å². The first-order valence-electron chi connectivity index (χ1n) is 6.87. The number of benzene rings is 1. The molecule has 3 rings (SSSR count). The van der Waals surface area contributed by atoms with E-state index in [1.807, 2.05) is 0 Å². The molecule has 1 amide bonds.